The second kappa shape index (κ2) is 9.72. The quantitative estimate of drug-likeness (QED) is 0.261. The summed E-state index contributed by atoms with van der Waals surface area (Å²) in [4.78, 5) is 24.7. The molecular weight excluding hydrogens is 478 g/mol. The lowest BCUT2D eigenvalue weighted by Gasteiger charge is -2.06. The maximum absolute atomic E-state index is 12.5. The van der Waals surface area contributed by atoms with Crippen molar-refractivity contribution in [3.8, 4) is 11.5 Å². The minimum Gasteiger partial charge on any atom is -0.411 e. The van der Waals surface area contributed by atoms with Crippen molar-refractivity contribution in [2.75, 3.05) is 11.1 Å². The highest BCUT2D eigenvalue weighted by Gasteiger charge is 2.13. The predicted octanol–water partition coefficient (Wildman–Crippen LogP) is 5.73. The number of Topliss-reactive ketones (excluding diaryl/α,β-unsaturated/α-hetero) is 1. The van der Waals surface area contributed by atoms with Gasteiger partial charge in [-0.15, -0.1) is 10.2 Å². The number of benzene rings is 3. The van der Waals surface area contributed by atoms with E-state index in [-0.39, 0.29) is 17.4 Å². The Kier molecular flexibility index (Phi) is 6.59. The Morgan fingerprint density at radius 2 is 1.58 bits per heavy atom. The van der Waals surface area contributed by atoms with E-state index in [9.17, 15) is 9.59 Å². The summed E-state index contributed by atoms with van der Waals surface area (Å²) in [5.41, 5.74) is 2.54. The van der Waals surface area contributed by atoms with Crippen LogP contribution in [0.3, 0.4) is 0 Å². The number of carbonyl (C=O) groups is 2. The lowest BCUT2D eigenvalue weighted by atomic mass is 10.1. The van der Waals surface area contributed by atoms with E-state index in [1.807, 2.05) is 30.3 Å². The Balaban J connectivity index is 1.33. The highest BCUT2D eigenvalue weighted by molar-refractivity contribution is 9.10. The van der Waals surface area contributed by atoms with Gasteiger partial charge in [-0.1, -0.05) is 45.9 Å². The molecule has 0 bridgehead atoms. The summed E-state index contributed by atoms with van der Waals surface area (Å²) in [6.07, 6.45) is 0. The van der Waals surface area contributed by atoms with Crippen molar-refractivity contribution in [3.63, 3.8) is 0 Å². The Hall–Kier alpha value is -3.23. The van der Waals surface area contributed by atoms with Crippen LogP contribution in [0.15, 0.2) is 93.0 Å². The van der Waals surface area contributed by atoms with Gasteiger partial charge in [0, 0.05) is 26.9 Å². The highest BCUT2D eigenvalue weighted by Crippen LogP contribution is 2.25. The Morgan fingerprint density at radius 3 is 2.29 bits per heavy atom. The van der Waals surface area contributed by atoms with Gasteiger partial charge in [0.1, 0.15) is 0 Å². The summed E-state index contributed by atoms with van der Waals surface area (Å²) < 4.78 is 6.59. The third kappa shape index (κ3) is 5.48. The standard InChI is InChI=1S/C23H16BrN3O3S/c24-18-10-6-17(7-11-18)22-26-27-23(30-22)31-14-20(28)15-8-12-19(13-9-15)25-21(29)16-4-2-1-3-5-16/h1-13H,14H2,(H,25,29). The summed E-state index contributed by atoms with van der Waals surface area (Å²) in [6.45, 7) is 0. The number of anilines is 1. The van der Waals surface area contributed by atoms with Gasteiger partial charge in [-0.3, -0.25) is 9.59 Å². The van der Waals surface area contributed by atoms with Gasteiger partial charge in [0.05, 0.1) is 5.75 Å². The van der Waals surface area contributed by atoms with E-state index in [1.165, 1.54) is 11.8 Å². The monoisotopic (exact) mass is 493 g/mol. The van der Waals surface area contributed by atoms with Crippen molar-refractivity contribution in [1.82, 2.24) is 10.2 Å². The van der Waals surface area contributed by atoms with Crippen molar-refractivity contribution in [3.05, 3.63) is 94.5 Å². The van der Waals surface area contributed by atoms with Gasteiger partial charge in [-0.05, 0) is 60.7 Å². The highest BCUT2D eigenvalue weighted by atomic mass is 79.9. The fourth-order valence-corrected chi connectivity index (χ4v) is 3.64. The topological polar surface area (TPSA) is 85.1 Å². The number of carbonyl (C=O) groups excluding carboxylic acids is 2. The van der Waals surface area contributed by atoms with Gasteiger partial charge in [0.15, 0.2) is 5.78 Å². The van der Waals surface area contributed by atoms with Crippen LogP contribution in [0.4, 0.5) is 5.69 Å². The van der Waals surface area contributed by atoms with Crippen LogP contribution in [0.1, 0.15) is 20.7 Å². The van der Waals surface area contributed by atoms with Crippen molar-refractivity contribution >= 4 is 45.1 Å². The summed E-state index contributed by atoms with van der Waals surface area (Å²) >= 11 is 4.57. The Bertz CT molecular complexity index is 1190. The van der Waals surface area contributed by atoms with E-state index in [0.29, 0.717) is 27.9 Å². The van der Waals surface area contributed by atoms with Crippen LogP contribution >= 0.6 is 27.7 Å². The molecule has 4 aromatic rings. The first-order chi connectivity index (χ1) is 15.1. The molecule has 0 spiro atoms. The minimum absolute atomic E-state index is 0.0747. The van der Waals surface area contributed by atoms with Gasteiger partial charge < -0.3 is 9.73 Å². The molecule has 8 heteroatoms. The fraction of sp³-hybridized carbons (Fsp3) is 0.0435. The van der Waals surface area contributed by atoms with Crippen LogP contribution in [0.25, 0.3) is 11.5 Å². The number of halogens is 1. The van der Waals surface area contributed by atoms with Gasteiger partial charge in [0.2, 0.25) is 5.89 Å². The molecule has 0 radical (unpaired) electrons. The molecule has 1 aromatic heterocycles. The predicted molar refractivity (Wildman–Crippen MR) is 123 cm³/mol. The van der Waals surface area contributed by atoms with Crippen LogP contribution in [-0.2, 0) is 0 Å². The van der Waals surface area contributed by atoms with Crippen LogP contribution in [0, 0.1) is 0 Å². The first kappa shape index (κ1) is 21.0. The number of amides is 1. The average Bonchev–Trinajstić information content (AvgIpc) is 3.28. The molecular formula is C23H16BrN3O3S. The number of hydrogen-bond donors (Lipinski definition) is 1. The van der Waals surface area contributed by atoms with E-state index in [2.05, 4.69) is 31.4 Å². The number of rotatable bonds is 7. The van der Waals surface area contributed by atoms with Crippen LogP contribution in [-0.4, -0.2) is 27.6 Å². The lowest BCUT2D eigenvalue weighted by molar-refractivity contribution is 0.101. The molecule has 3 aromatic carbocycles. The average molecular weight is 494 g/mol. The van der Waals surface area contributed by atoms with E-state index in [0.717, 1.165) is 10.0 Å². The molecule has 0 unspecified atom stereocenters. The zero-order valence-electron chi connectivity index (χ0n) is 16.1. The maximum Gasteiger partial charge on any atom is 0.277 e. The number of hydrogen-bond acceptors (Lipinski definition) is 6. The Morgan fingerprint density at radius 1 is 0.871 bits per heavy atom. The van der Waals surface area contributed by atoms with Crippen molar-refractivity contribution in [1.29, 1.82) is 0 Å². The first-order valence-electron chi connectivity index (χ1n) is 9.30. The van der Waals surface area contributed by atoms with E-state index in [1.54, 1.807) is 48.5 Å². The zero-order chi connectivity index (χ0) is 21.6. The third-order valence-electron chi connectivity index (χ3n) is 4.33. The van der Waals surface area contributed by atoms with Gasteiger partial charge in [0.25, 0.3) is 11.1 Å². The molecule has 4 rings (SSSR count). The largest absolute Gasteiger partial charge is 0.411 e. The van der Waals surface area contributed by atoms with Gasteiger partial charge in [-0.25, -0.2) is 0 Å². The van der Waals surface area contributed by atoms with Crippen molar-refractivity contribution in [2.24, 2.45) is 0 Å². The molecule has 1 heterocycles. The first-order valence-corrected chi connectivity index (χ1v) is 11.1. The van der Waals surface area contributed by atoms with Crippen LogP contribution < -0.4 is 5.32 Å². The van der Waals surface area contributed by atoms with Crippen molar-refractivity contribution in [2.45, 2.75) is 5.22 Å². The maximum atomic E-state index is 12.5. The molecule has 1 amide bonds. The summed E-state index contributed by atoms with van der Waals surface area (Å²) in [6, 6.07) is 23.2. The molecule has 0 aliphatic rings. The lowest BCUT2D eigenvalue weighted by Crippen LogP contribution is -2.11. The van der Waals surface area contributed by atoms with Crippen molar-refractivity contribution < 1.29 is 14.0 Å². The number of nitrogens with zero attached hydrogens (tertiary/aromatic N) is 2. The molecule has 31 heavy (non-hydrogen) atoms. The summed E-state index contributed by atoms with van der Waals surface area (Å²) in [7, 11) is 0. The van der Waals surface area contributed by atoms with Gasteiger partial charge in [-0.2, -0.15) is 0 Å². The second-order valence-corrected chi connectivity index (χ2v) is 8.33. The summed E-state index contributed by atoms with van der Waals surface area (Å²) in [5.74, 6) is 0.293. The number of nitrogens with one attached hydrogen (secondary N) is 1. The smallest absolute Gasteiger partial charge is 0.277 e. The number of aromatic nitrogens is 2. The molecule has 0 aliphatic carbocycles. The van der Waals surface area contributed by atoms with E-state index in [4.69, 9.17) is 4.42 Å². The normalized spacial score (nSPS) is 10.6. The van der Waals surface area contributed by atoms with E-state index >= 15 is 0 Å². The second-order valence-electron chi connectivity index (χ2n) is 6.49. The number of ketones is 1. The molecule has 0 aliphatic heterocycles. The molecule has 0 fully saturated rings. The molecule has 0 saturated carbocycles. The Labute approximate surface area is 191 Å². The summed E-state index contributed by atoms with van der Waals surface area (Å²) in [5, 5.41) is 11.2. The van der Waals surface area contributed by atoms with Crippen LogP contribution in [0.2, 0.25) is 0 Å². The SMILES string of the molecule is O=C(CSc1nnc(-c2ccc(Br)cc2)o1)c1ccc(NC(=O)c2ccccc2)cc1. The molecule has 1 N–H and O–H groups in total. The fourth-order valence-electron chi connectivity index (χ4n) is 2.72. The molecule has 154 valence electrons. The molecule has 6 nitrogen and oxygen atoms in total. The minimum atomic E-state index is -0.201. The number of thioether (sulfide) groups is 1. The zero-order valence-corrected chi connectivity index (χ0v) is 18.5. The van der Waals surface area contributed by atoms with Gasteiger partial charge >= 0.3 is 0 Å². The third-order valence-corrected chi connectivity index (χ3v) is 5.67. The molecule has 0 atom stereocenters. The van der Waals surface area contributed by atoms with Crippen LogP contribution in [0.5, 0.6) is 0 Å². The molecule has 0 saturated heterocycles. The van der Waals surface area contributed by atoms with E-state index < -0.39 is 0 Å².